The fraction of sp³-hybridized carbons (Fsp3) is 0.200. The molecular weight excluding hydrogens is 585 g/mol. The van der Waals surface area contributed by atoms with Crippen LogP contribution in [0.5, 0.6) is 0 Å². The minimum Gasteiger partial charge on any atom is -0.335 e. The summed E-state index contributed by atoms with van der Waals surface area (Å²) in [6.45, 7) is 0. The Balaban J connectivity index is 1.26. The number of nitrogens with zero attached hydrogens (tertiary/aromatic N) is 5. The van der Waals surface area contributed by atoms with Gasteiger partial charge < -0.3 is 16.0 Å². The van der Waals surface area contributed by atoms with Crippen molar-refractivity contribution in [3.05, 3.63) is 72.6 Å². The Bertz CT molecular complexity index is 2190. The summed E-state index contributed by atoms with van der Waals surface area (Å²) in [4.78, 5) is 33.5. The maximum atomic E-state index is 14.6. The third kappa shape index (κ3) is 5.07. The van der Waals surface area contributed by atoms with Gasteiger partial charge in [0.15, 0.2) is 27.0 Å². The van der Waals surface area contributed by atoms with Crippen LogP contribution in [0.3, 0.4) is 0 Å². The summed E-state index contributed by atoms with van der Waals surface area (Å²) in [5.41, 5.74) is 11.0. The molecule has 0 radical (unpaired) electrons. The van der Waals surface area contributed by atoms with Crippen LogP contribution in [0.4, 0.5) is 10.1 Å². The second kappa shape index (κ2) is 10.6. The van der Waals surface area contributed by atoms with Crippen LogP contribution in [0, 0.1) is 11.7 Å². The van der Waals surface area contributed by atoms with E-state index in [1.807, 2.05) is 12.1 Å². The van der Waals surface area contributed by atoms with Gasteiger partial charge in [0.05, 0.1) is 22.8 Å². The first kappa shape index (κ1) is 27.7. The number of nitrogens with one attached hydrogen (secondary N) is 3. The predicted octanol–water partition coefficient (Wildman–Crippen LogP) is 4.50. The van der Waals surface area contributed by atoms with E-state index in [4.69, 9.17) is 5.73 Å². The van der Waals surface area contributed by atoms with Crippen molar-refractivity contribution in [3.63, 3.8) is 0 Å². The van der Waals surface area contributed by atoms with Gasteiger partial charge in [0.2, 0.25) is 5.91 Å². The lowest BCUT2D eigenvalue weighted by molar-refractivity contribution is -0.122. The first-order valence-corrected chi connectivity index (χ1v) is 15.8. The zero-order valence-electron chi connectivity index (χ0n) is 23.4. The molecule has 14 heteroatoms. The van der Waals surface area contributed by atoms with Gasteiger partial charge in [0, 0.05) is 47.5 Å². The van der Waals surface area contributed by atoms with Crippen molar-refractivity contribution in [2.24, 2.45) is 11.7 Å². The summed E-state index contributed by atoms with van der Waals surface area (Å²) in [5, 5.41) is 9.58. The highest BCUT2D eigenvalue weighted by atomic mass is 32.2. The van der Waals surface area contributed by atoms with Gasteiger partial charge in [0.25, 0.3) is 0 Å². The van der Waals surface area contributed by atoms with Crippen LogP contribution in [0.25, 0.3) is 56.0 Å². The number of anilines is 1. The van der Waals surface area contributed by atoms with E-state index in [0.29, 0.717) is 50.5 Å². The highest BCUT2D eigenvalue weighted by Gasteiger charge is 2.25. The number of fused-ring (bicyclic) bond motifs is 2. The zero-order chi connectivity index (χ0) is 30.6. The number of amides is 1. The smallest absolute Gasteiger partial charge is 0.227 e. The number of sulfone groups is 1. The average molecular weight is 612 g/mol. The van der Waals surface area contributed by atoms with Gasteiger partial charge in [0.1, 0.15) is 16.9 Å². The van der Waals surface area contributed by atoms with Crippen molar-refractivity contribution in [1.82, 2.24) is 35.1 Å². The molecule has 1 fully saturated rings. The van der Waals surface area contributed by atoms with E-state index < -0.39 is 21.0 Å². The van der Waals surface area contributed by atoms with E-state index in [9.17, 15) is 17.6 Å². The molecular formula is C30H26FN9O3S. The molecule has 1 aromatic carbocycles. The fourth-order valence-corrected chi connectivity index (χ4v) is 5.90. The number of benzene rings is 1. The molecule has 1 amide bonds. The molecule has 1 unspecified atom stereocenters. The molecule has 5 aromatic heterocycles. The molecule has 6 aromatic rings. The van der Waals surface area contributed by atoms with Gasteiger partial charge in [-0.3, -0.25) is 14.9 Å². The van der Waals surface area contributed by atoms with Crippen LogP contribution >= 0.6 is 0 Å². The number of aromatic nitrogens is 7. The Morgan fingerprint density at radius 3 is 2.64 bits per heavy atom. The van der Waals surface area contributed by atoms with Gasteiger partial charge in [-0.1, -0.05) is 6.42 Å². The van der Waals surface area contributed by atoms with Gasteiger partial charge in [-0.15, -0.1) is 0 Å². The highest BCUT2D eigenvalue weighted by Crippen LogP contribution is 2.34. The Kier molecular flexibility index (Phi) is 6.66. The number of carbonyl (C=O) groups is 1. The molecule has 0 saturated heterocycles. The molecule has 0 bridgehead atoms. The van der Waals surface area contributed by atoms with Crippen LogP contribution in [-0.2, 0) is 14.6 Å². The summed E-state index contributed by atoms with van der Waals surface area (Å²) in [7, 11) is -3.66. The summed E-state index contributed by atoms with van der Waals surface area (Å²) in [5.74, 6) is -0.144. The third-order valence-corrected chi connectivity index (χ3v) is 9.07. The summed E-state index contributed by atoms with van der Waals surface area (Å²) >= 11 is 0. The van der Waals surface area contributed by atoms with Crippen LogP contribution in [0.15, 0.2) is 61.2 Å². The molecule has 0 aliphatic heterocycles. The SMILES string of the molecule is CS(=O)(=O)C(N)c1cc(F)cc(-c2ccnc3nc(-c4[nH]nc5ncc(-c6cncc(NC(=O)C7CCC7)c6)cc45)[nH]c23)c1. The third-order valence-electron chi connectivity index (χ3n) is 7.87. The number of pyridine rings is 3. The Labute approximate surface area is 250 Å². The number of rotatable bonds is 7. The van der Waals surface area contributed by atoms with E-state index in [0.717, 1.165) is 42.7 Å². The summed E-state index contributed by atoms with van der Waals surface area (Å²) in [6.07, 6.45) is 10.4. The molecule has 7 rings (SSSR count). The maximum Gasteiger partial charge on any atom is 0.227 e. The number of imidazole rings is 1. The molecule has 1 saturated carbocycles. The quantitative estimate of drug-likeness (QED) is 0.202. The van der Waals surface area contributed by atoms with Crippen LogP contribution in [-0.4, -0.2) is 55.7 Å². The summed E-state index contributed by atoms with van der Waals surface area (Å²) in [6, 6.07) is 9.40. The van der Waals surface area contributed by atoms with E-state index in [1.165, 1.54) is 12.3 Å². The molecule has 1 aliphatic rings. The first-order valence-electron chi connectivity index (χ1n) is 13.8. The largest absolute Gasteiger partial charge is 0.335 e. The minimum atomic E-state index is -3.66. The summed E-state index contributed by atoms with van der Waals surface area (Å²) < 4.78 is 38.7. The van der Waals surface area contributed by atoms with E-state index in [2.05, 4.69) is 40.4 Å². The molecule has 5 heterocycles. The fourth-order valence-electron chi connectivity index (χ4n) is 5.27. The maximum absolute atomic E-state index is 14.6. The zero-order valence-corrected chi connectivity index (χ0v) is 24.2. The van der Waals surface area contributed by atoms with Crippen molar-refractivity contribution in [2.75, 3.05) is 11.6 Å². The van der Waals surface area contributed by atoms with Crippen LogP contribution < -0.4 is 11.1 Å². The molecule has 5 N–H and O–H groups in total. The topological polar surface area (TPSA) is 185 Å². The van der Waals surface area contributed by atoms with E-state index >= 15 is 0 Å². The number of H-pyrrole nitrogens is 2. The number of halogens is 1. The minimum absolute atomic E-state index is 0.00599. The number of carbonyl (C=O) groups excluding carboxylic acids is 1. The monoisotopic (exact) mass is 611 g/mol. The standard InChI is InChI=1S/C30H26FN9O3S/c1-44(42,43)26(32)17-7-16(8-20(31)9-17)22-5-6-34-28-24(22)37-29(38-28)25-23-11-19(13-35-27(23)40-39-25)18-10-21(14-33-12-18)36-30(41)15-3-2-4-15/h5-15,26H,2-4,32H2,1H3,(H,36,41)(H,34,37,38)(H,35,39,40). The lowest BCUT2D eigenvalue weighted by Gasteiger charge is -2.24. The molecule has 1 atom stereocenters. The van der Waals surface area contributed by atoms with Gasteiger partial charge >= 0.3 is 0 Å². The van der Waals surface area contributed by atoms with Gasteiger partial charge in [-0.05, 0) is 60.4 Å². The van der Waals surface area contributed by atoms with Crippen LogP contribution in [0.1, 0.15) is 30.2 Å². The Morgan fingerprint density at radius 1 is 1.05 bits per heavy atom. The van der Waals surface area contributed by atoms with E-state index in [-0.39, 0.29) is 17.4 Å². The molecule has 0 spiro atoms. The second-order valence-corrected chi connectivity index (χ2v) is 13.1. The number of hydrogen-bond acceptors (Lipinski definition) is 9. The van der Waals surface area contributed by atoms with Crippen molar-refractivity contribution in [2.45, 2.75) is 24.6 Å². The molecule has 12 nitrogen and oxygen atoms in total. The Hall–Kier alpha value is -5.08. The number of nitrogens with two attached hydrogens (primary N) is 1. The molecule has 1 aliphatic carbocycles. The molecule has 222 valence electrons. The van der Waals surface area contributed by atoms with Crippen molar-refractivity contribution in [1.29, 1.82) is 0 Å². The molecule has 44 heavy (non-hydrogen) atoms. The van der Waals surface area contributed by atoms with Crippen molar-refractivity contribution < 1.29 is 17.6 Å². The first-order chi connectivity index (χ1) is 21.1. The predicted molar refractivity (Wildman–Crippen MR) is 163 cm³/mol. The van der Waals surface area contributed by atoms with Crippen molar-refractivity contribution in [3.8, 4) is 33.8 Å². The van der Waals surface area contributed by atoms with Gasteiger partial charge in [-0.2, -0.15) is 5.10 Å². The Morgan fingerprint density at radius 2 is 1.86 bits per heavy atom. The second-order valence-electron chi connectivity index (χ2n) is 10.9. The average Bonchev–Trinajstić information content (AvgIpc) is 3.59. The van der Waals surface area contributed by atoms with Crippen LogP contribution in [0.2, 0.25) is 0 Å². The van der Waals surface area contributed by atoms with Crippen molar-refractivity contribution >= 4 is 43.6 Å². The lowest BCUT2D eigenvalue weighted by Crippen LogP contribution is -2.28. The number of aromatic amines is 2. The lowest BCUT2D eigenvalue weighted by atomic mass is 9.85. The van der Waals surface area contributed by atoms with Gasteiger partial charge in [-0.25, -0.2) is 27.8 Å². The normalized spacial score (nSPS) is 14.5. The highest BCUT2D eigenvalue weighted by molar-refractivity contribution is 7.90. The van der Waals surface area contributed by atoms with E-state index in [1.54, 1.807) is 30.7 Å². The number of hydrogen-bond donors (Lipinski definition) is 4.